The van der Waals surface area contributed by atoms with E-state index in [9.17, 15) is 14.0 Å². The molecule has 0 radical (unpaired) electrons. The van der Waals surface area contributed by atoms with Gasteiger partial charge in [-0.05, 0) is 59.9 Å². The third-order valence-corrected chi connectivity index (χ3v) is 7.67. The molecular weight excluding hydrogens is 513 g/mol. The van der Waals surface area contributed by atoms with Gasteiger partial charge in [0.15, 0.2) is 0 Å². The maximum atomic E-state index is 13.4. The molecule has 1 aliphatic heterocycles. The average molecular weight is 544 g/mol. The van der Waals surface area contributed by atoms with E-state index in [2.05, 4.69) is 47.6 Å². The Morgan fingerprint density at radius 1 is 1.13 bits per heavy atom. The summed E-state index contributed by atoms with van der Waals surface area (Å²) >= 11 is 1.35. The SMILES string of the molecule is CCC(=O)N1CCc2ccc(OCc3nc(C(=O)NCc4cccc(F)c4)cs3)cc2[C@H]1c1ccc(C)cc1. The fraction of sp³-hybridized carbons (Fsp3) is 0.258. The summed E-state index contributed by atoms with van der Waals surface area (Å²) in [5, 5.41) is 5.13. The summed E-state index contributed by atoms with van der Waals surface area (Å²) in [6, 6.07) is 20.3. The van der Waals surface area contributed by atoms with E-state index in [0.717, 1.165) is 17.5 Å². The molecule has 2 heterocycles. The van der Waals surface area contributed by atoms with Gasteiger partial charge in [-0.1, -0.05) is 55.0 Å². The van der Waals surface area contributed by atoms with Gasteiger partial charge >= 0.3 is 0 Å². The third kappa shape index (κ3) is 6.17. The van der Waals surface area contributed by atoms with Crippen molar-refractivity contribution in [1.82, 2.24) is 15.2 Å². The lowest BCUT2D eigenvalue weighted by Gasteiger charge is -2.38. The number of nitrogens with one attached hydrogen (secondary N) is 1. The molecule has 39 heavy (non-hydrogen) atoms. The number of nitrogens with zero attached hydrogens (tertiary/aromatic N) is 2. The van der Waals surface area contributed by atoms with Crippen LogP contribution >= 0.6 is 11.3 Å². The second-order valence-corrected chi connectivity index (χ2v) is 10.5. The van der Waals surface area contributed by atoms with Gasteiger partial charge in [-0.25, -0.2) is 9.37 Å². The Hall–Kier alpha value is -4.04. The second-order valence-electron chi connectivity index (χ2n) is 9.59. The number of fused-ring (bicyclic) bond motifs is 1. The number of ether oxygens (including phenoxy) is 1. The van der Waals surface area contributed by atoms with E-state index in [4.69, 9.17) is 4.74 Å². The van der Waals surface area contributed by atoms with Crippen molar-refractivity contribution in [3.05, 3.63) is 116 Å². The highest BCUT2D eigenvalue weighted by atomic mass is 32.1. The highest BCUT2D eigenvalue weighted by molar-refractivity contribution is 7.09. The minimum absolute atomic E-state index is 0.128. The van der Waals surface area contributed by atoms with Crippen LogP contribution in [0.25, 0.3) is 0 Å². The first kappa shape index (κ1) is 26.6. The number of aromatic nitrogens is 1. The van der Waals surface area contributed by atoms with Gasteiger partial charge in [0.25, 0.3) is 5.91 Å². The van der Waals surface area contributed by atoms with Crippen LogP contribution in [0.15, 0.2) is 72.1 Å². The first-order chi connectivity index (χ1) is 18.9. The van der Waals surface area contributed by atoms with Crippen LogP contribution in [0.4, 0.5) is 4.39 Å². The zero-order valence-corrected chi connectivity index (χ0v) is 22.8. The minimum atomic E-state index is -0.341. The van der Waals surface area contributed by atoms with E-state index in [0.29, 0.717) is 35.0 Å². The molecule has 1 aliphatic rings. The lowest BCUT2D eigenvalue weighted by molar-refractivity contribution is -0.132. The molecular formula is C31H30FN3O3S. The molecule has 0 spiro atoms. The van der Waals surface area contributed by atoms with Gasteiger partial charge in [-0.15, -0.1) is 11.3 Å². The van der Waals surface area contributed by atoms with Crippen LogP contribution < -0.4 is 10.1 Å². The van der Waals surface area contributed by atoms with Gasteiger partial charge in [0.05, 0.1) is 6.04 Å². The highest BCUT2D eigenvalue weighted by Gasteiger charge is 2.31. The third-order valence-electron chi connectivity index (χ3n) is 6.85. The zero-order chi connectivity index (χ0) is 27.4. The van der Waals surface area contributed by atoms with E-state index in [1.807, 2.05) is 24.0 Å². The van der Waals surface area contributed by atoms with E-state index >= 15 is 0 Å². The Morgan fingerprint density at radius 2 is 1.95 bits per heavy atom. The monoisotopic (exact) mass is 543 g/mol. The summed E-state index contributed by atoms with van der Waals surface area (Å²) in [6.45, 7) is 5.06. The maximum Gasteiger partial charge on any atom is 0.271 e. The Balaban J connectivity index is 1.29. The van der Waals surface area contributed by atoms with E-state index in [-0.39, 0.29) is 36.8 Å². The molecule has 0 bridgehead atoms. The molecule has 0 aliphatic carbocycles. The van der Waals surface area contributed by atoms with Crippen molar-refractivity contribution in [3.8, 4) is 5.75 Å². The predicted octanol–water partition coefficient (Wildman–Crippen LogP) is 5.98. The number of carbonyl (C=O) groups excluding carboxylic acids is 2. The molecule has 1 N–H and O–H groups in total. The molecule has 0 saturated heterocycles. The number of benzene rings is 3. The van der Waals surface area contributed by atoms with Crippen LogP contribution in [0.3, 0.4) is 0 Å². The molecule has 2 amide bonds. The summed E-state index contributed by atoms with van der Waals surface area (Å²) in [5.74, 6) is 0.150. The lowest BCUT2D eigenvalue weighted by atomic mass is 9.87. The van der Waals surface area contributed by atoms with Gasteiger partial charge in [-0.2, -0.15) is 0 Å². The van der Waals surface area contributed by atoms with Crippen molar-refractivity contribution < 1.29 is 18.7 Å². The zero-order valence-electron chi connectivity index (χ0n) is 21.9. The van der Waals surface area contributed by atoms with Crippen molar-refractivity contribution in [2.45, 2.75) is 45.9 Å². The topological polar surface area (TPSA) is 71.5 Å². The fourth-order valence-corrected chi connectivity index (χ4v) is 5.49. The summed E-state index contributed by atoms with van der Waals surface area (Å²) in [7, 11) is 0. The number of carbonyl (C=O) groups is 2. The summed E-state index contributed by atoms with van der Waals surface area (Å²) in [5.41, 5.74) is 5.51. The van der Waals surface area contributed by atoms with Crippen LogP contribution in [-0.4, -0.2) is 28.2 Å². The number of amides is 2. The molecule has 6 nitrogen and oxygen atoms in total. The van der Waals surface area contributed by atoms with Gasteiger partial charge in [-0.3, -0.25) is 9.59 Å². The molecule has 0 saturated carbocycles. The number of halogens is 1. The maximum absolute atomic E-state index is 13.4. The molecule has 0 fully saturated rings. The van der Waals surface area contributed by atoms with Crippen LogP contribution in [0.5, 0.6) is 5.75 Å². The molecule has 8 heteroatoms. The van der Waals surface area contributed by atoms with Gasteiger partial charge < -0.3 is 15.0 Å². The molecule has 3 aromatic carbocycles. The quantitative estimate of drug-likeness (QED) is 0.297. The normalized spacial score (nSPS) is 14.5. The Bertz CT molecular complexity index is 1480. The van der Waals surface area contributed by atoms with Crippen LogP contribution in [-0.2, 0) is 24.4 Å². The lowest BCUT2D eigenvalue weighted by Crippen LogP contribution is -2.40. The number of aryl methyl sites for hydroxylation is 1. The average Bonchev–Trinajstić information content (AvgIpc) is 3.43. The van der Waals surface area contributed by atoms with Crippen molar-refractivity contribution in [2.24, 2.45) is 0 Å². The van der Waals surface area contributed by atoms with Crippen molar-refractivity contribution in [2.75, 3.05) is 6.54 Å². The molecule has 200 valence electrons. The van der Waals surface area contributed by atoms with E-state index in [1.54, 1.807) is 17.5 Å². The van der Waals surface area contributed by atoms with Crippen LogP contribution in [0, 0.1) is 12.7 Å². The largest absolute Gasteiger partial charge is 0.486 e. The molecule has 5 rings (SSSR count). The minimum Gasteiger partial charge on any atom is -0.486 e. The summed E-state index contributed by atoms with van der Waals surface area (Å²) < 4.78 is 19.5. The van der Waals surface area contributed by atoms with Crippen molar-refractivity contribution >= 4 is 23.2 Å². The fourth-order valence-electron chi connectivity index (χ4n) is 4.81. The first-order valence-corrected chi connectivity index (χ1v) is 13.9. The standard InChI is InChI=1S/C31H30FN3O3S/c1-3-29(36)35-14-13-22-11-12-25(16-26(22)30(35)23-9-7-20(2)8-10-23)38-18-28-34-27(19-39-28)31(37)33-17-21-5-4-6-24(32)15-21/h4-12,15-16,19,30H,3,13-14,17-18H2,1-2H3,(H,33,37)/t30-/m1/s1. The Labute approximate surface area is 231 Å². The molecule has 1 atom stereocenters. The summed E-state index contributed by atoms with van der Waals surface area (Å²) in [4.78, 5) is 31.8. The number of rotatable bonds is 8. The van der Waals surface area contributed by atoms with Crippen LogP contribution in [0.1, 0.15) is 62.7 Å². The molecule has 0 unspecified atom stereocenters. The predicted molar refractivity (Wildman–Crippen MR) is 149 cm³/mol. The Morgan fingerprint density at radius 3 is 2.72 bits per heavy atom. The smallest absolute Gasteiger partial charge is 0.271 e. The van der Waals surface area contributed by atoms with Gasteiger partial charge in [0.1, 0.15) is 28.9 Å². The van der Waals surface area contributed by atoms with E-state index < -0.39 is 0 Å². The van der Waals surface area contributed by atoms with Crippen LogP contribution in [0.2, 0.25) is 0 Å². The number of thiazole rings is 1. The van der Waals surface area contributed by atoms with Gasteiger partial charge in [0, 0.05) is 24.9 Å². The molecule has 4 aromatic rings. The van der Waals surface area contributed by atoms with Gasteiger partial charge in [0.2, 0.25) is 5.91 Å². The second kappa shape index (κ2) is 11.8. The number of hydrogen-bond acceptors (Lipinski definition) is 5. The number of hydrogen-bond donors (Lipinski definition) is 1. The molecule has 1 aromatic heterocycles. The first-order valence-electron chi connectivity index (χ1n) is 13.0. The summed E-state index contributed by atoms with van der Waals surface area (Å²) in [6.07, 6.45) is 1.25. The Kier molecular flexibility index (Phi) is 8.02. The van der Waals surface area contributed by atoms with Crippen molar-refractivity contribution in [1.29, 1.82) is 0 Å². The van der Waals surface area contributed by atoms with Crippen molar-refractivity contribution in [3.63, 3.8) is 0 Å². The highest BCUT2D eigenvalue weighted by Crippen LogP contribution is 2.37. The van der Waals surface area contributed by atoms with E-state index in [1.165, 1.54) is 34.6 Å².